The summed E-state index contributed by atoms with van der Waals surface area (Å²) in [6.07, 6.45) is 0.316. The lowest BCUT2D eigenvalue weighted by Gasteiger charge is -2.21. The van der Waals surface area contributed by atoms with E-state index in [0.29, 0.717) is 0 Å². The van der Waals surface area contributed by atoms with Gasteiger partial charge in [-0.2, -0.15) is 0 Å². The second-order valence-electron chi connectivity index (χ2n) is 6.08. The van der Waals surface area contributed by atoms with Crippen molar-refractivity contribution < 1.29 is 14.6 Å². The Labute approximate surface area is 113 Å². The van der Waals surface area contributed by atoms with E-state index in [0.717, 1.165) is 12.0 Å². The molecular formula is C15H21NO3. The molecule has 1 fully saturated rings. The van der Waals surface area contributed by atoms with E-state index in [4.69, 9.17) is 4.74 Å². The third kappa shape index (κ3) is 3.07. The smallest absolute Gasteiger partial charge is 0.407 e. The number of hydrogen-bond donors (Lipinski definition) is 2. The number of hydrogen-bond acceptors (Lipinski definition) is 3. The quantitative estimate of drug-likeness (QED) is 0.879. The molecule has 1 aliphatic rings. The minimum Gasteiger partial charge on any atom is -0.444 e. The molecule has 2 rings (SSSR count). The molecule has 0 aliphatic heterocycles. The van der Waals surface area contributed by atoms with Crippen LogP contribution >= 0.6 is 0 Å². The Morgan fingerprint density at radius 3 is 2.58 bits per heavy atom. The molecule has 2 unspecified atom stereocenters. The minimum atomic E-state index is -0.506. The number of rotatable bonds is 3. The summed E-state index contributed by atoms with van der Waals surface area (Å²) in [5.74, 6) is 0. The molecule has 0 aromatic heterocycles. The Hall–Kier alpha value is -1.55. The first-order valence-electron chi connectivity index (χ1n) is 6.53. The standard InChI is InChI=1S/C15H21NO3/c1-14(2,3)19-13(18)16-12-9-15(12,10-17)11-7-5-4-6-8-11/h4-8,12,17H,9-10H2,1-3H3,(H,16,18). The summed E-state index contributed by atoms with van der Waals surface area (Å²) in [4.78, 5) is 11.7. The highest BCUT2D eigenvalue weighted by Gasteiger charge is 2.56. The largest absolute Gasteiger partial charge is 0.444 e. The fourth-order valence-corrected chi connectivity index (χ4v) is 2.30. The van der Waals surface area contributed by atoms with E-state index in [2.05, 4.69) is 5.32 Å². The van der Waals surface area contributed by atoms with E-state index in [9.17, 15) is 9.90 Å². The second-order valence-corrected chi connectivity index (χ2v) is 6.08. The molecule has 0 bridgehead atoms. The van der Waals surface area contributed by atoms with Crippen molar-refractivity contribution in [2.45, 2.75) is 44.2 Å². The van der Waals surface area contributed by atoms with Gasteiger partial charge < -0.3 is 15.2 Å². The highest BCUT2D eigenvalue weighted by atomic mass is 16.6. The normalized spacial score (nSPS) is 25.8. The first-order chi connectivity index (χ1) is 8.87. The van der Waals surface area contributed by atoms with Crippen molar-refractivity contribution in [2.24, 2.45) is 0 Å². The van der Waals surface area contributed by atoms with Crippen molar-refractivity contribution >= 4 is 6.09 Å². The molecule has 104 valence electrons. The molecule has 4 nitrogen and oxygen atoms in total. The lowest BCUT2D eigenvalue weighted by molar-refractivity contribution is 0.0517. The molecule has 1 aliphatic carbocycles. The minimum absolute atomic E-state index is 0.0253. The van der Waals surface area contributed by atoms with Gasteiger partial charge in [0.2, 0.25) is 0 Å². The molecule has 1 aromatic rings. The van der Waals surface area contributed by atoms with Gasteiger partial charge in [0.15, 0.2) is 0 Å². The van der Waals surface area contributed by atoms with Gasteiger partial charge in [-0.1, -0.05) is 30.3 Å². The van der Waals surface area contributed by atoms with Gasteiger partial charge in [0.1, 0.15) is 5.60 Å². The van der Waals surface area contributed by atoms with E-state index >= 15 is 0 Å². The van der Waals surface area contributed by atoms with Crippen LogP contribution in [0.1, 0.15) is 32.8 Å². The van der Waals surface area contributed by atoms with Crippen LogP contribution in [-0.4, -0.2) is 29.4 Å². The molecule has 0 saturated heterocycles. The highest BCUT2D eigenvalue weighted by Crippen LogP contribution is 2.48. The number of alkyl carbamates (subject to hydrolysis) is 1. The van der Waals surface area contributed by atoms with Gasteiger partial charge in [-0.3, -0.25) is 0 Å². The molecule has 1 amide bonds. The zero-order chi connectivity index (χ0) is 14.1. The zero-order valence-electron chi connectivity index (χ0n) is 11.6. The van der Waals surface area contributed by atoms with Crippen LogP contribution < -0.4 is 5.32 Å². The maximum atomic E-state index is 11.7. The third-order valence-corrected chi connectivity index (χ3v) is 3.40. The van der Waals surface area contributed by atoms with E-state index in [1.54, 1.807) is 0 Å². The molecule has 0 radical (unpaired) electrons. The van der Waals surface area contributed by atoms with Crippen LogP contribution in [-0.2, 0) is 10.2 Å². The Bertz CT molecular complexity index is 452. The van der Waals surface area contributed by atoms with E-state index in [1.165, 1.54) is 0 Å². The predicted molar refractivity (Wildman–Crippen MR) is 73.0 cm³/mol. The van der Waals surface area contributed by atoms with Crippen molar-refractivity contribution in [3.05, 3.63) is 35.9 Å². The van der Waals surface area contributed by atoms with E-state index < -0.39 is 11.7 Å². The number of benzene rings is 1. The van der Waals surface area contributed by atoms with Gasteiger partial charge in [0.25, 0.3) is 0 Å². The molecule has 2 N–H and O–H groups in total. The van der Waals surface area contributed by atoms with Gasteiger partial charge in [0.05, 0.1) is 6.61 Å². The van der Waals surface area contributed by atoms with Crippen LogP contribution in [0.4, 0.5) is 4.79 Å². The number of ether oxygens (including phenoxy) is 1. The topological polar surface area (TPSA) is 58.6 Å². The molecule has 1 saturated carbocycles. The summed E-state index contributed by atoms with van der Waals surface area (Å²) >= 11 is 0. The maximum absolute atomic E-state index is 11.7. The number of aliphatic hydroxyl groups is 1. The van der Waals surface area contributed by atoms with Crippen LogP contribution in [0.3, 0.4) is 0 Å². The lowest BCUT2D eigenvalue weighted by Crippen LogP contribution is -2.37. The van der Waals surface area contributed by atoms with Crippen LogP contribution in [0.15, 0.2) is 30.3 Å². The van der Waals surface area contributed by atoms with Gasteiger partial charge in [-0.15, -0.1) is 0 Å². The maximum Gasteiger partial charge on any atom is 0.407 e. The number of carbonyl (C=O) groups is 1. The number of amides is 1. The van der Waals surface area contributed by atoms with Crippen LogP contribution in [0.5, 0.6) is 0 Å². The second kappa shape index (κ2) is 4.85. The van der Waals surface area contributed by atoms with E-state index in [-0.39, 0.29) is 18.1 Å². The summed E-state index contributed by atoms with van der Waals surface area (Å²) in [5, 5.41) is 12.5. The van der Waals surface area contributed by atoms with Gasteiger partial charge >= 0.3 is 6.09 Å². The first kappa shape index (κ1) is 13.9. The monoisotopic (exact) mass is 263 g/mol. The molecular weight excluding hydrogens is 242 g/mol. The fourth-order valence-electron chi connectivity index (χ4n) is 2.30. The summed E-state index contributed by atoms with van der Waals surface area (Å²) in [5.41, 5.74) is 0.199. The molecule has 4 heteroatoms. The van der Waals surface area contributed by atoms with Crippen LogP contribution in [0, 0.1) is 0 Å². The summed E-state index contributed by atoms with van der Waals surface area (Å²) < 4.78 is 5.23. The molecule has 1 aromatic carbocycles. The SMILES string of the molecule is CC(C)(C)OC(=O)NC1CC1(CO)c1ccccc1. The van der Waals surface area contributed by atoms with Crippen molar-refractivity contribution in [2.75, 3.05) is 6.61 Å². The number of carbonyl (C=O) groups excluding carboxylic acids is 1. The first-order valence-corrected chi connectivity index (χ1v) is 6.53. The third-order valence-electron chi connectivity index (χ3n) is 3.40. The average Bonchev–Trinajstić information content (AvgIpc) is 3.02. The average molecular weight is 263 g/mol. The fraction of sp³-hybridized carbons (Fsp3) is 0.533. The van der Waals surface area contributed by atoms with Crippen LogP contribution in [0.2, 0.25) is 0 Å². The molecule has 19 heavy (non-hydrogen) atoms. The number of nitrogens with one attached hydrogen (secondary N) is 1. The van der Waals surface area contributed by atoms with Crippen molar-refractivity contribution in [3.8, 4) is 0 Å². The van der Waals surface area contributed by atoms with Gasteiger partial charge in [-0.25, -0.2) is 4.79 Å². The van der Waals surface area contributed by atoms with Gasteiger partial charge in [-0.05, 0) is 32.8 Å². The molecule has 0 spiro atoms. The summed E-state index contributed by atoms with van der Waals surface area (Å²) in [7, 11) is 0. The Balaban J connectivity index is 2.00. The zero-order valence-corrected chi connectivity index (χ0v) is 11.6. The number of aliphatic hydroxyl groups excluding tert-OH is 1. The summed E-state index contributed by atoms with van der Waals surface area (Å²) in [6, 6.07) is 9.72. The molecule has 0 heterocycles. The van der Waals surface area contributed by atoms with Crippen LogP contribution in [0.25, 0.3) is 0 Å². The van der Waals surface area contributed by atoms with Crippen molar-refractivity contribution in [1.29, 1.82) is 0 Å². The predicted octanol–water partition coefficient (Wildman–Crippen LogP) is 2.21. The summed E-state index contributed by atoms with van der Waals surface area (Å²) in [6.45, 7) is 5.51. The molecule has 2 atom stereocenters. The van der Waals surface area contributed by atoms with Gasteiger partial charge in [0, 0.05) is 11.5 Å². The van der Waals surface area contributed by atoms with Crippen molar-refractivity contribution in [3.63, 3.8) is 0 Å². The Kier molecular flexibility index (Phi) is 3.54. The van der Waals surface area contributed by atoms with E-state index in [1.807, 2.05) is 51.1 Å². The highest BCUT2D eigenvalue weighted by molar-refractivity contribution is 5.69. The lowest BCUT2D eigenvalue weighted by atomic mass is 9.96. The Morgan fingerprint density at radius 1 is 1.42 bits per heavy atom. The van der Waals surface area contributed by atoms with Crippen molar-refractivity contribution in [1.82, 2.24) is 5.32 Å². The Morgan fingerprint density at radius 2 is 2.05 bits per heavy atom.